The molecular weight excluding hydrogens is 294 g/mol. The largest absolute Gasteiger partial charge is 0.274 e. The summed E-state index contributed by atoms with van der Waals surface area (Å²) in [5.41, 5.74) is 6.05. The molecular formula is C17H17N3OS. The molecule has 22 heavy (non-hydrogen) atoms. The first-order valence-corrected chi connectivity index (χ1v) is 8.25. The first kappa shape index (κ1) is 14.7. The Morgan fingerprint density at radius 1 is 1.18 bits per heavy atom. The summed E-state index contributed by atoms with van der Waals surface area (Å²) in [6, 6.07) is 16.0. The molecule has 0 radical (unpaired) electrons. The quantitative estimate of drug-likeness (QED) is 0.886. The van der Waals surface area contributed by atoms with Crippen LogP contribution in [0.5, 0.6) is 0 Å². The van der Waals surface area contributed by atoms with E-state index in [4.69, 9.17) is 0 Å². The first-order chi connectivity index (χ1) is 10.7. The van der Waals surface area contributed by atoms with Gasteiger partial charge in [-0.25, -0.2) is 5.01 Å². The van der Waals surface area contributed by atoms with Crippen LogP contribution in [0.1, 0.15) is 11.1 Å². The monoisotopic (exact) mass is 311 g/mol. The summed E-state index contributed by atoms with van der Waals surface area (Å²) in [6.07, 6.45) is 2.05. The number of carbonyl (C=O) groups excluding carboxylic acids is 1. The van der Waals surface area contributed by atoms with Crippen molar-refractivity contribution in [3.63, 3.8) is 0 Å². The van der Waals surface area contributed by atoms with E-state index in [0.29, 0.717) is 5.84 Å². The number of thioether (sulfide) groups is 1. The lowest BCUT2D eigenvalue weighted by Crippen LogP contribution is -2.51. The van der Waals surface area contributed by atoms with Gasteiger partial charge in [0.05, 0.1) is 5.69 Å². The van der Waals surface area contributed by atoms with Crippen molar-refractivity contribution in [1.82, 2.24) is 5.43 Å². The van der Waals surface area contributed by atoms with Gasteiger partial charge < -0.3 is 0 Å². The van der Waals surface area contributed by atoms with Crippen LogP contribution in [0.25, 0.3) is 0 Å². The number of benzene rings is 2. The van der Waals surface area contributed by atoms with E-state index in [1.54, 1.807) is 16.8 Å². The number of nitrogens with zero attached hydrogens (tertiary/aromatic N) is 2. The smallest absolute Gasteiger partial charge is 0.267 e. The topological polar surface area (TPSA) is 44.7 Å². The summed E-state index contributed by atoms with van der Waals surface area (Å²) in [5, 5.41) is 1.57. The van der Waals surface area contributed by atoms with Gasteiger partial charge in [-0.05, 0) is 43.0 Å². The Balaban J connectivity index is 1.87. The molecule has 0 atom stereocenters. The number of amidine groups is 1. The lowest BCUT2D eigenvalue weighted by molar-refractivity contribution is -0.117. The van der Waals surface area contributed by atoms with Crippen LogP contribution in [0, 0.1) is 6.92 Å². The van der Waals surface area contributed by atoms with Crippen molar-refractivity contribution in [1.29, 1.82) is 0 Å². The van der Waals surface area contributed by atoms with Crippen molar-refractivity contribution in [2.45, 2.75) is 11.8 Å². The van der Waals surface area contributed by atoms with Gasteiger partial charge in [0.25, 0.3) is 5.91 Å². The number of rotatable bonds is 3. The average molecular weight is 311 g/mol. The van der Waals surface area contributed by atoms with Gasteiger partial charge in [-0.1, -0.05) is 24.3 Å². The Morgan fingerprint density at radius 2 is 1.95 bits per heavy atom. The molecule has 0 unspecified atom stereocenters. The highest BCUT2D eigenvalue weighted by molar-refractivity contribution is 7.98. The molecule has 0 aliphatic carbocycles. The zero-order valence-corrected chi connectivity index (χ0v) is 13.4. The van der Waals surface area contributed by atoms with Gasteiger partial charge in [0.2, 0.25) is 0 Å². The van der Waals surface area contributed by atoms with Crippen molar-refractivity contribution in [2.75, 3.05) is 17.8 Å². The van der Waals surface area contributed by atoms with Crippen LogP contribution in [-0.2, 0) is 4.79 Å². The van der Waals surface area contributed by atoms with Crippen molar-refractivity contribution in [2.24, 2.45) is 4.99 Å². The van der Waals surface area contributed by atoms with Crippen molar-refractivity contribution < 1.29 is 4.79 Å². The maximum Gasteiger partial charge on any atom is 0.267 e. The number of hydrazine groups is 1. The van der Waals surface area contributed by atoms with Gasteiger partial charge in [0.15, 0.2) is 0 Å². The second kappa shape index (κ2) is 6.23. The summed E-state index contributed by atoms with van der Waals surface area (Å²) in [6.45, 7) is 2.16. The molecule has 0 aromatic heterocycles. The van der Waals surface area contributed by atoms with Crippen LogP contribution >= 0.6 is 11.8 Å². The van der Waals surface area contributed by atoms with Gasteiger partial charge in [0.1, 0.15) is 12.4 Å². The van der Waals surface area contributed by atoms with E-state index >= 15 is 0 Å². The number of aliphatic imine (C=N–C) groups is 1. The van der Waals surface area contributed by atoms with Crippen molar-refractivity contribution >= 4 is 29.2 Å². The maximum atomic E-state index is 12.1. The molecule has 0 saturated heterocycles. The van der Waals surface area contributed by atoms with E-state index in [1.807, 2.05) is 49.6 Å². The summed E-state index contributed by atoms with van der Waals surface area (Å²) in [4.78, 5) is 17.7. The Kier molecular flexibility index (Phi) is 4.15. The molecule has 2 aromatic rings. The standard InChI is InChI=1S/C17H17N3OS/c1-12-4-3-5-14(10-12)20-16(21)11-18-17(19-20)13-6-8-15(22-2)9-7-13/h3-10H,11H2,1-2H3,(H,18,19). The minimum absolute atomic E-state index is 0.0601. The molecule has 0 spiro atoms. The summed E-state index contributed by atoms with van der Waals surface area (Å²) >= 11 is 1.70. The number of carbonyl (C=O) groups is 1. The minimum Gasteiger partial charge on any atom is -0.274 e. The van der Waals surface area contributed by atoms with Crippen LogP contribution in [0.3, 0.4) is 0 Å². The van der Waals surface area contributed by atoms with E-state index < -0.39 is 0 Å². The molecule has 0 bridgehead atoms. The number of nitrogens with one attached hydrogen (secondary N) is 1. The number of hydrogen-bond donors (Lipinski definition) is 1. The molecule has 1 aliphatic heterocycles. The van der Waals surface area contributed by atoms with Crippen molar-refractivity contribution in [3.05, 3.63) is 59.7 Å². The minimum atomic E-state index is -0.0601. The molecule has 1 N–H and O–H groups in total. The number of anilines is 1. The third-order valence-electron chi connectivity index (χ3n) is 3.46. The van der Waals surface area contributed by atoms with E-state index in [-0.39, 0.29) is 12.5 Å². The molecule has 1 aliphatic rings. The number of amides is 1. The summed E-state index contributed by atoms with van der Waals surface area (Å²) in [5.74, 6) is 0.656. The molecule has 1 amide bonds. The van der Waals surface area contributed by atoms with E-state index in [1.165, 1.54) is 4.90 Å². The fourth-order valence-corrected chi connectivity index (χ4v) is 2.71. The molecule has 5 heteroatoms. The SMILES string of the molecule is CSc1ccc(C2=NCC(=O)N(c3cccc(C)c3)N2)cc1. The zero-order chi connectivity index (χ0) is 15.5. The van der Waals surface area contributed by atoms with Crippen LogP contribution in [0.15, 0.2) is 58.4 Å². The molecule has 0 saturated carbocycles. The van der Waals surface area contributed by atoms with Crippen LogP contribution in [-0.4, -0.2) is 24.5 Å². The Labute approximate surface area is 134 Å². The van der Waals surface area contributed by atoms with Crippen molar-refractivity contribution in [3.8, 4) is 0 Å². The molecule has 4 nitrogen and oxygen atoms in total. The third-order valence-corrected chi connectivity index (χ3v) is 4.21. The maximum absolute atomic E-state index is 12.1. The second-order valence-corrected chi connectivity index (χ2v) is 5.95. The van der Waals surface area contributed by atoms with E-state index in [9.17, 15) is 4.79 Å². The van der Waals surface area contributed by atoms with Crippen LogP contribution < -0.4 is 10.4 Å². The highest BCUT2D eigenvalue weighted by Gasteiger charge is 2.22. The summed E-state index contributed by atoms with van der Waals surface area (Å²) < 4.78 is 0. The van der Waals surface area contributed by atoms with E-state index in [2.05, 4.69) is 22.6 Å². The predicted molar refractivity (Wildman–Crippen MR) is 91.4 cm³/mol. The predicted octanol–water partition coefficient (Wildman–Crippen LogP) is 3.01. The Bertz CT molecular complexity index is 725. The molecule has 2 aromatic carbocycles. The molecule has 0 fully saturated rings. The number of aryl methyl sites for hydroxylation is 1. The zero-order valence-electron chi connectivity index (χ0n) is 12.5. The molecule has 3 rings (SSSR count). The van der Waals surface area contributed by atoms with Gasteiger partial charge in [0, 0.05) is 10.5 Å². The highest BCUT2D eigenvalue weighted by Crippen LogP contribution is 2.19. The normalized spacial score (nSPS) is 14.5. The lowest BCUT2D eigenvalue weighted by Gasteiger charge is -2.28. The highest BCUT2D eigenvalue weighted by atomic mass is 32.2. The van der Waals surface area contributed by atoms with Crippen LogP contribution in [0.2, 0.25) is 0 Å². The molecule has 112 valence electrons. The second-order valence-electron chi connectivity index (χ2n) is 5.07. The summed E-state index contributed by atoms with van der Waals surface area (Å²) in [7, 11) is 0. The molecule has 1 heterocycles. The first-order valence-electron chi connectivity index (χ1n) is 7.02. The van der Waals surface area contributed by atoms with Gasteiger partial charge in [-0.3, -0.25) is 15.2 Å². The fraction of sp³-hybridized carbons (Fsp3) is 0.176. The third kappa shape index (κ3) is 2.99. The van der Waals surface area contributed by atoms with Crippen LogP contribution in [0.4, 0.5) is 5.69 Å². The Hall–Kier alpha value is -2.27. The van der Waals surface area contributed by atoms with Gasteiger partial charge >= 0.3 is 0 Å². The fourth-order valence-electron chi connectivity index (χ4n) is 2.30. The van der Waals surface area contributed by atoms with Gasteiger partial charge in [-0.15, -0.1) is 11.8 Å². The lowest BCUT2D eigenvalue weighted by atomic mass is 10.2. The van der Waals surface area contributed by atoms with Gasteiger partial charge in [-0.2, -0.15) is 0 Å². The Morgan fingerprint density at radius 3 is 2.64 bits per heavy atom. The average Bonchev–Trinajstić information content (AvgIpc) is 2.55. The van der Waals surface area contributed by atoms with E-state index in [0.717, 1.165) is 16.8 Å². The number of hydrogen-bond acceptors (Lipinski definition) is 4.